The molecule has 96 valence electrons. The van der Waals surface area contributed by atoms with E-state index in [0.717, 1.165) is 29.9 Å². The van der Waals surface area contributed by atoms with Crippen molar-refractivity contribution < 1.29 is 9.47 Å². The van der Waals surface area contributed by atoms with Gasteiger partial charge in [0, 0.05) is 18.7 Å². The number of hydrogen-bond donors (Lipinski definition) is 1. The lowest BCUT2D eigenvalue weighted by Gasteiger charge is -2.10. The largest absolute Gasteiger partial charge is 0.496 e. The molecule has 0 saturated carbocycles. The molecular weight excluding hydrogens is 214 g/mol. The Kier molecular flexibility index (Phi) is 6.01. The first-order valence-corrected chi connectivity index (χ1v) is 6.11. The minimum absolute atomic E-state index is 0.498. The van der Waals surface area contributed by atoms with Crippen LogP contribution in [0.1, 0.15) is 31.4 Å². The van der Waals surface area contributed by atoms with Gasteiger partial charge in [-0.1, -0.05) is 26.0 Å². The lowest BCUT2D eigenvalue weighted by molar-refractivity contribution is 0.110. The summed E-state index contributed by atoms with van der Waals surface area (Å²) in [7, 11) is 1.66. The SMILES string of the molecule is COc1cc(COCCC(C)C)ccc1CN. The molecule has 0 aromatic heterocycles. The third kappa shape index (κ3) is 4.75. The monoisotopic (exact) mass is 237 g/mol. The van der Waals surface area contributed by atoms with Crippen molar-refractivity contribution in [2.45, 2.75) is 33.4 Å². The van der Waals surface area contributed by atoms with E-state index in [1.54, 1.807) is 7.11 Å². The highest BCUT2D eigenvalue weighted by atomic mass is 16.5. The van der Waals surface area contributed by atoms with Crippen molar-refractivity contribution in [2.75, 3.05) is 13.7 Å². The first-order valence-electron chi connectivity index (χ1n) is 6.11. The van der Waals surface area contributed by atoms with E-state index < -0.39 is 0 Å². The van der Waals surface area contributed by atoms with Crippen LogP contribution in [-0.4, -0.2) is 13.7 Å². The molecule has 0 amide bonds. The molecule has 17 heavy (non-hydrogen) atoms. The number of methoxy groups -OCH3 is 1. The van der Waals surface area contributed by atoms with Crippen molar-refractivity contribution in [3.05, 3.63) is 29.3 Å². The summed E-state index contributed by atoms with van der Waals surface area (Å²) in [5.74, 6) is 1.53. The number of benzene rings is 1. The maximum Gasteiger partial charge on any atom is 0.123 e. The second-order valence-corrected chi connectivity index (χ2v) is 4.59. The Bertz CT molecular complexity index is 337. The Hall–Kier alpha value is -1.06. The van der Waals surface area contributed by atoms with Gasteiger partial charge in [0.1, 0.15) is 5.75 Å². The number of nitrogens with two attached hydrogens (primary N) is 1. The number of rotatable bonds is 7. The lowest BCUT2D eigenvalue weighted by atomic mass is 10.1. The Labute approximate surface area is 104 Å². The van der Waals surface area contributed by atoms with Gasteiger partial charge in [-0.25, -0.2) is 0 Å². The quantitative estimate of drug-likeness (QED) is 0.742. The summed E-state index contributed by atoms with van der Waals surface area (Å²) in [4.78, 5) is 0. The van der Waals surface area contributed by atoms with Crippen molar-refractivity contribution in [3.8, 4) is 5.75 Å². The van der Waals surface area contributed by atoms with Crippen LogP contribution >= 0.6 is 0 Å². The molecule has 0 fully saturated rings. The highest BCUT2D eigenvalue weighted by Gasteiger charge is 2.03. The fourth-order valence-electron chi connectivity index (χ4n) is 1.56. The molecule has 0 bridgehead atoms. The topological polar surface area (TPSA) is 44.5 Å². The van der Waals surface area contributed by atoms with E-state index in [9.17, 15) is 0 Å². The van der Waals surface area contributed by atoms with E-state index in [4.69, 9.17) is 15.2 Å². The van der Waals surface area contributed by atoms with Crippen LogP contribution in [0.25, 0.3) is 0 Å². The van der Waals surface area contributed by atoms with Crippen LogP contribution in [0.4, 0.5) is 0 Å². The van der Waals surface area contributed by atoms with Crippen LogP contribution in [0.5, 0.6) is 5.75 Å². The smallest absolute Gasteiger partial charge is 0.123 e. The number of ether oxygens (including phenoxy) is 2. The molecule has 1 aromatic rings. The van der Waals surface area contributed by atoms with E-state index >= 15 is 0 Å². The van der Waals surface area contributed by atoms with Gasteiger partial charge in [-0.3, -0.25) is 0 Å². The molecular formula is C14H23NO2. The predicted molar refractivity (Wildman–Crippen MR) is 70.0 cm³/mol. The fourth-order valence-corrected chi connectivity index (χ4v) is 1.56. The maximum atomic E-state index is 5.62. The molecule has 0 unspecified atom stereocenters. The fraction of sp³-hybridized carbons (Fsp3) is 0.571. The zero-order valence-corrected chi connectivity index (χ0v) is 11.0. The van der Waals surface area contributed by atoms with Gasteiger partial charge in [-0.05, 0) is 24.0 Å². The molecule has 3 nitrogen and oxygen atoms in total. The molecule has 0 aliphatic heterocycles. The van der Waals surface area contributed by atoms with Gasteiger partial charge in [0.15, 0.2) is 0 Å². The summed E-state index contributed by atoms with van der Waals surface area (Å²) in [6, 6.07) is 6.04. The van der Waals surface area contributed by atoms with Crippen molar-refractivity contribution in [3.63, 3.8) is 0 Å². The molecule has 0 spiro atoms. The highest BCUT2D eigenvalue weighted by molar-refractivity contribution is 5.37. The zero-order chi connectivity index (χ0) is 12.7. The van der Waals surface area contributed by atoms with Crippen LogP contribution in [-0.2, 0) is 17.9 Å². The Balaban J connectivity index is 2.48. The third-order valence-corrected chi connectivity index (χ3v) is 2.68. The van der Waals surface area contributed by atoms with Gasteiger partial charge in [-0.15, -0.1) is 0 Å². The summed E-state index contributed by atoms with van der Waals surface area (Å²) in [5, 5.41) is 0. The molecule has 0 radical (unpaired) electrons. The van der Waals surface area contributed by atoms with Gasteiger partial charge >= 0.3 is 0 Å². The van der Waals surface area contributed by atoms with Crippen molar-refractivity contribution >= 4 is 0 Å². The molecule has 0 atom stereocenters. The third-order valence-electron chi connectivity index (χ3n) is 2.68. The van der Waals surface area contributed by atoms with Gasteiger partial charge in [0.2, 0.25) is 0 Å². The average molecular weight is 237 g/mol. The average Bonchev–Trinajstić information content (AvgIpc) is 2.34. The molecule has 1 aromatic carbocycles. The molecule has 1 rings (SSSR count). The highest BCUT2D eigenvalue weighted by Crippen LogP contribution is 2.20. The van der Waals surface area contributed by atoms with Crippen LogP contribution in [0.3, 0.4) is 0 Å². The lowest BCUT2D eigenvalue weighted by Crippen LogP contribution is -2.02. The first kappa shape index (κ1) is 14.0. The van der Waals surface area contributed by atoms with Crippen LogP contribution in [0.2, 0.25) is 0 Å². The van der Waals surface area contributed by atoms with Gasteiger partial charge in [-0.2, -0.15) is 0 Å². The molecule has 0 aliphatic carbocycles. The van der Waals surface area contributed by atoms with Crippen molar-refractivity contribution in [1.29, 1.82) is 0 Å². The van der Waals surface area contributed by atoms with Gasteiger partial charge < -0.3 is 15.2 Å². The van der Waals surface area contributed by atoms with E-state index in [1.165, 1.54) is 0 Å². The van der Waals surface area contributed by atoms with Crippen LogP contribution in [0.15, 0.2) is 18.2 Å². The second kappa shape index (κ2) is 7.30. The minimum atomic E-state index is 0.498. The maximum absolute atomic E-state index is 5.62. The summed E-state index contributed by atoms with van der Waals surface area (Å²) in [6.45, 7) is 6.33. The van der Waals surface area contributed by atoms with Crippen LogP contribution < -0.4 is 10.5 Å². The Morgan fingerprint density at radius 2 is 2.06 bits per heavy atom. The van der Waals surface area contributed by atoms with E-state index in [2.05, 4.69) is 13.8 Å². The summed E-state index contributed by atoms with van der Waals surface area (Å²) in [5.41, 5.74) is 7.77. The minimum Gasteiger partial charge on any atom is -0.496 e. The molecule has 2 N–H and O–H groups in total. The molecule has 0 aliphatic rings. The number of hydrogen-bond acceptors (Lipinski definition) is 3. The Morgan fingerprint density at radius 3 is 2.65 bits per heavy atom. The summed E-state index contributed by atoms with van der Waals surface area (Å²) in [6.07, 6.45) is 1.10. The van der Waals surface area contributed by atoms with E-state index in [1.807, 2.05) is 18.2 Å². The van der Waals surface area contributed by atoms with E-state index in [-0.39, 0.29) is 0 Å². The standard InChI is InChI=1S/C14H23NO2/c1-11(2)6-7-17-10-12-4-5-13(9-15)14(8-12)16-3/h4-5,8,11H,6-7,9-10,15H2,1-3H3. The van der Waals surface area contributed by atoms with Gasteiger partial charge in [0.05, 0.1) is 13.7 Å². The normalized spacial score (nSPS) is 10.9. The van der Waals surface area contributed by atoms with Crippen molar-refractivity contribution in [1.82, 2.24) is 0 Å². The summed E-state index contributed by atoms with van der Waals surface area (Å²) >= 11 is 0. The molecule has 0 heterocycles. The van der Waals surface area contributed by atoms with Gasteiger partial charge in [0.25, 0.3) is 0 Å². The Morgan fingerprint density at radius 1 is 1.29 bits per heavy atom. The van der Waals surface area contributed by atoms with Crippen molar-refractivity contribution in [2.24, 2.45) is 11.7 Å². The second-order valence-electron chi connectivity index (χ2n) is 4.59. The summed E-state index contributed by atoms with van der Waals surface area (Å²) < 4.78 is 10.9. The zero-order valence-electron chi connectivity index (χ0n) is 11.0. The molecule has 3 heteroatoms. The van der Waals surface area contributed by atoms with E-state index in [0.29, 0.717) is 19.1 Å². The predicted octanol–water partition coefficient (Wildman–Crippen LogP) is 2.72. The van der Waals surface area contributed by atoms with Crippen LogP contribution in [0, 0.1) is 5.92 Å². The molecule has 0 saturated heterocycles. The first-order chi connectivity index (χ1) is 8.17.